The highest BCUT2D eigenvalue weighted by Gasteiger charge is 2.30. The average molecular weight is 464 g/mol. The molecule has 3 amide bonds. The molecule has 0 unspecified atom stereocenters. The van der Waals surface area contributed by atoms with Gasteiger partial charge in [0.05, 0.1) is 17.5 Å². The van der Waals surface area contributed by atoms with Crippen LogP contribution in [0.25, 0.3) is 0 Å². The summed E-state index contributed by atoms with van der Waals surface area (Å²) in [5, 5.41) is 3.15. The van der Waals surface area contributed by atoms with E-state index in [4.69, 9.17) is 0 Å². The fourth-order valence-electron chi connectivity index (χ4n) is 5.08. The van der Waals surface area contributed by atoms with Gasteiger partial charge in [0.25, 0.3) is 5.91 Å². The summed E-state index contributed by atoms with van der Waals surface area (Å²) >= 11 is 1.46. The number of piperidine rings is 1. The van der Waals surface area contributed by atoms with Crippen molar-refractivity contribution in [3.63, 3.8) is 0 Å². The first-order valence-electron chi connectivity index (χ1n) is 11.8. The lowest BCUT2D eigenvalue weighted by Gasteiger charge is -2.31. The van der Waals surface area contributed by atoms with Crippen LogP contribution in [0.2, 0.25) is 0 Å². The summed E-state index contributed by atoms with van der Waals surface area (Å²) in [4.78, 5) is 43.2. The minimum atomic E-state index is -0.171. The Bertz CT molecular complexity index is 1080. The van der Waals surface area contributed by atoms with E-state index in [0.29, 0.717) is 17.0 Å². The van der Waals surface area contributed by atoms with E-state index in [2.05, 4.69) is 17.4 Å². The number of hydrogen-bond acceptors (Lipinski definition) is 4. The first kappa shape index (κ1) is 22.0. The quantitative estimate of drug-likeness (QED) is 0.746. The summed E-state index contributed by atoms with van der Waals surface area (Å²) in [6.45, 7) is 1.52. The molecule has 1 N–H and O–H groups in total. The van der Waals surface area contributed by atoms with Gasteiger partial charge in [0.15, 0.2) is 0 Å². The van der Waals surface area contributed by atoms with Gasteiger partial charge in [-0.25, -0.2) is 0 Å². The topological polar surface area (TPSA) is 69.7 Å². The molecule has 0 aromatic heterocycles. The third-order valence-corrected chi connectivity index (χ3v) is 7.85. The highest BCUT2D eigenvalue weighted by atomic mass is 32.2. The van der Waals surface area contributed by atoms with Gasteiger partial charge in [-0.05, 0) is 67.9 Å². The molecule has 0 spiro atoms. The molecule has 0 saturated carbocycles. The van der Waals surface area contributed by atoms with E-state index >= 15 is 0 Å². The third kappa shape index (κ3) is 4.64. The number of carbonyl (C=O) groups excluding carboxylic acids is 3. The zero-order valence-corrected chi connectivity index (χ0v) is 19.5. The highest BCUT2D eigenvalue weighted by Crippen LogP contribution is 2.36. The number of nitrogens with one attached hydrogen (secondary N) is 1. The zero-order valence-electron chi connectivity index (χ0n) is 18.7. The van der Waals surface area contributed by atoms with Gasteiger partial charge in [-0.15, -0.1) is 11.8 Å². The number of hydrogen-bond donors (Lipinski definition) is 1. The van der Waals surface area contributed by atoms with Gasteiger partial charge in [0.1, 0.15) is 6.54 Å². The molecule has 2 heterocycles. The Balaban J connectivity index is 1.33. The molecule has 1 aliphatic carbocycles. The second-order valence-electron chi connectivity index (χ2n) is 9.02. The lowest BCUT2D eigenvalue weighted by molar-refractivity contribution is -0.123. The minimum absolute atomic E-state index is 0.00346. The summed E-state index contributed by atoms with van der Waals surface area (Å²) in [5.74, 6) is 0.0278. The Hall–Kier alpha value is -2.80. The number of benzene rings is 2. The van der Waals surface area contributed by atoms with Gasteiger partial charge in [-0.1, -0.05) is 24.3 Å². The second-order valence-corrected chi connectivity index (χ2v) is 10.0. The van der Waals surface area contributed by atoms with E-state index in [1.54, 1.807) is 11.0 Å². The number of rotatable bonds is 4. The standard InChI is InChI=1S/C26H29N3O3S/c30-24(27-21-10-6-8-18-7-2-3-9-20(18)21)16-29-22-15-19(11-12-23(22)33-17-25(29)31)26(32)28-13-4-1-5-14-28/h2-3,7,9,11-12,15,21H,1,4-6,8,10,13-14,16-17H2,(H,27,30)/t21-/m0/s1. The van der Waals surface area contributed by atoms with Crippen LogP contribution in [-0.2, 0) is 16.0 Å². The number of thioether (sulfide) groups is 1. The highest BCUT2D eigenvalue weighted by molar-refractivity contribution is 8.00. The van der Waals surface area contributed by atoms with E-state index in [-0.39, 0.29) is 30.3 Å². The van der Waals surface area contributed by atoms with Crippen molar-refractivity contribution in [3.05, 3.63) is 59.2 Å². The monoisotopic (exact) mass is 463 g/mol. The number of aryl methyl sites for hydroxylation is 1. The summed E-state index contributed by atoms with van der Waals surface area (Å²) in [7, 11) is 0. The Morgan fingerprint density at radius 2 is 1.85 bits per heavy atom. The lowest BCUT2D eigenvalue weighted by atomic mass is 9.88. The number of carbonyl (C=O) groups is 3. The second kappa shape index (κ2) is 9.59. The van der Waals surface area contributed by atoms with E-state index < -0.39 is 0 Å². The summed E-state index contributed by atoms with van der Waals surface area (Å²) in [6.07, 6.45) is 6.19. The van der Waals surface area contributed by atoms with Gasteiger partial charge < -0.3 is 15.1 Å². The van der Waals surface area contributed by atoms with Gasteiger partial charge in [-0.2, -0.15) is 0 Å². The molecule has 1 fully saturated rings. The van der Waals surface area contributed by atoms with Crippen molar-refractivity contribution >= 4 is 35.2 Å². The van der Waals surface area contributed by atoms with E-state index in [1.807, 2.05) is 29.2 Å². The van der Waals surface area contributed by atoms with Gasteiger partial charge >= 0.3 is 0 Å². The number of amides is 3. The van der Waals surface area contributed by atoms with Crippen molar-refractivity contribution in [1.29, 1.82) is 0 Å². The molecule has 7 heteroatoms. The van der Waals surface area contributed by atoms with Crippen LogP contribution in [0.1, 0.15) is 59.6 Å². The third-order valence-electron chi connectivity index (χ3n) is 6.80. The predicted octanol–water partition coefficient (Wildman–Crippen LogP) is 3.95. The Morgan fingerprint density at radius 3 is 2.70 bits per heavy atom. The molecule has 0 bridgehead atoms. The Labute approximate surface area is 198 Å². The van der Waals surface area contributed by atoms with Gasteiger partial charge in [-0.3, -0.25) is 14.4 Å². The maximum absolute atomic E-state index is 13.0. The van der Waals surface area contributed by atoms with Crippen molar-refractivity contribution in [1.82, 2.24) is 10.2 Å². The predicted molar refractivity (Wildman–Crippen MR) is 130 cm³/mol. The summed E-state index contributed by atoms with van der Waals surface area (Å²) in [5.41, 5.74) is 3.70. The average Bonchev–Trinajstić information content (AvgIpc) is 2.86. The van der Waals surface area contributed by atoms with Gasteiger partial charge in [0, 0.05) is 23.5 Å². The van der Waals surface area contributed by atoms with Crippen LogP contribution in [0.15, 0.2) is 47.4 Å². The van der Waals surface area contributed by atoms with Crippen molar-refractivity contribution in [3.8, 4) is 0 Å². The largest absolute Gasteiger partial charge is 0.348 e. The normalized spacial score (nSPS) is 20.1. The minimum Gasteiger partial charge on any atom is -0.348 e. The molecule has 2 aliphatic heterocycles. The van der Waals surface area contributed by atoms with Crippen LogP contribution in [0, 0.1) is 0 Å². The molecular formula is C26H29N3O3S. The maximum atomic E-state index is 13.0. The molecule has 1 atom stereocenters. The summed E-state index contributed by atoms with van der Waals surface area (Å²) < 4.78 is 0. The van der Waals surface area contributed by atoms with Crippen LogP contribution in [0.3, 0.4) is 0 Å². The lowest BCUT2D eigenvalue weighted by Crippen LogP contribution is -2.44. The maximum Gasteiger partial charge on any atom is 0.253 e. The van der Waals surface area contributed by atoms with Crippen molar-refractivity contribution in [2.75, 3.05) is 30.3 Å². The molecule has 172 valence electrons. The van der Waals surface area contributed by atoms with Crippen LogP contribution in [0.5, 0.6) is 0 Å². The number of anilines is 1. The van der Waals surface area contributed by atoms with Crippen molar-refractivity contribution in [2.24, 2.45) is 0 Å². The van der Waals surface area contributed by atoms with E-state index in [0.717, 1.165) is 56.5 Å². The van der Waals surface area contributed by atoms with Crippen LogP contribution in [0.4, 0.5) is 5.69 Å². The van der Waals surface area contributed by atoms with E-state index in [1.165, 1.54) is 22.9 Å². The molecular weight excluding hydrogens is 434 g/mol. The molecule has 2 aromatic rings. The smallest absolute Gasteiger partial charge is 0.253 e. The summed E-state index contributed by atoms with van der Waals surface area (Å²) in [6, 6.07) is 13.8. The van der Waals surface area contributed by atoms with Gasteiger partial charge in [0.2, 0.25) is 11.8 Å². The molecule has 1 saturated heterocycles. The molecule has 0 radical (unpaired) electrons. The van der Waals surface area contributed by atoms with Crippen molar-refractivity contribution in [2.45, 2.75) is 49.5 Å². The first-order valence-corrected chi connectivity index (χ1v) is 12.8. The van der Waals surface area contributed by atoms with Crippen LogP contribution < -0.4 is 10.2 Å². The SMILES string of the molecule is O=C(CN1C(=O)CSc2ccc(C(=O)N3CCCCC3)cc21)N[C@H]1CCCc2ccccc21. The fourth-order valence-corrected chi connectivity index (χ4v) is 5.99. The molecule has 33 heavy (non-hydrogen) atoms. The Kier molecular flexibility index (Phi) is 6.40. The van der Waals surface area contributed by atoms with Crippen LogP contribution >= 0.6 is 11.8 Å². The molecule has 2 aromatic carbocycles. The first-order chi connectivity index (χ1) is 16.1. The fraction of sp³-hybridized carbons (Fsp3) is 0.423. The van der Waals surface area contributed by atoms with E-state index in [9.17, 15) is 14.4 Å². The molecule has 6 nitrogen and oxygen atoms in total. The molecule has 5 rings (SSSR count). The molecule has 3 aliphatic rings. The van der Waals surface area contributed by atoms with Crippen LogP contribution in [-0.4, -0.2) is 48.0 Å². The number of nitrogens with zero attached hydrogens (tertiary/aromatic N) is 2. The van der Waals surface area contributed by atoms with Crippen molar-refractivity contribution < 1.29 is 14.4 Å². The zero-order chi connectivity index (χ0) is 22.8. The Morgan fingerprint density at radius 1 is 1.03 bits per heavy atom. The number of likely N-dealkylation sites (tertiary alicyclic amines) is 1. The number of fused-ring (bicyclic) bond motifs is 2.